The molecular formula is C22H33NO7S. The number of rotatable bonds is 6. The summed E-state index contributed by atoms with van der Waals surface area (Å²) < 4.78 is 44.0. The van der Waals surface area contributed by atoms with E-state index in [0.29, 0.717) is 6.61 Å². The van der Waals surface area contributed by atoms with Gasteiger partial charge in [0, 0.05) is 6.61 Å². The van der Waals surface area contributed by atoms with Gasteiger partial charge in [-0.1, -0.05) is 18.2 Å². The number of hydrogen-bond donors (Lipinski definition) is 1. The van der Waals surface area contributed by atoms with Crippen molar-refractivity contribution in [2.24, 2.45) is 0 Å². The third kappa shape index (κ3) is 5.77. The molecule has 0 saturated carbocycles. The van der Waals surface area contributed by atoms with E-state index in [1.807, 2.05) is 0 Å². The Labute approximate surface area is 184 Å². The lowest BCUT2D eigenvalue weighted by Gasteiger charge is -2.34. The van der Waals surface area contributed by atoms with Crippen LogP contribution in [-0.4, -0.2) is 73.6 Å². The number of benzene rings is 1. The van der Waals surface area contributed by atoms with Gasteiger partial charge in [0.15, 0.2) is 16.1 Å². The zero-order chi connectivity index (χ0) is 22.6. The molecule has 3 unspecified atom stereocenters. The molecule has 2 fully saturated rings. The second kappa shape index (κ2) is 9.85. The SMILES string of the molecule is CC(C)(C)OC(=O)N1C(CO)CC(S(=O)(=O)c2ccccc2)[C@H]1COC1CCCCO1. The lowest BCUT2D eigenvalue weighted by molar-refractivity contribution is -0.169. The molecule has 0 bridgehead atoms. The van der Waals surface area contributed by atoms with Crippen LogP contribution in [0.2, 0.25) is 0 Å². The van der Waals surface area contributed by atoms with Crippen molar-refractivity contribution in [2.45, 2.75) is 80.6 Å². The van der Waals surface area contributed by atoms with E-state index in [2.05, 4.69) is 0 Å². The third-order valence-corrected chi connectivity index (χ3v) is 7.79. The lowest BCUT2D eigenvalue weighted by atomic mass is 10.2. The van der Waals surface area contributed by atoms with Crippen molar-refractivity contribution in [3.05, 3.63) is 30.3 Å². The summed E-state index contributed by atoms with van der Waals surface area (Å²) in [7, 11) is -3.78. The van der Waals surface area contributed by atoms with E-state index in [-0.39, 0.29) is 24.5 Å². The van der Waals surface area contributed by atoms with Crippen molar-refractivity contribution in [1.82, 2.24) is 4.90 Å². The summed E-state index contributed by atoms with van der Waals surface area (Å²) in [5.41, 5.74) is -0.759. The predicted octanol–water partition coefficient (Wildman–Crippen LogP) is 2.74. The monoisotopic (exact) mass is 455 g/mol. The summed E-state index contributed by atoms with van der Waals surface area (Å²) in [5.74, 6) is 0. The molecule has 0 spiro atoms. The molecule has 1 aromatic carbocycles. The summed E-state index contributed by atoms with van der Waals surface area (Å²) in [6, 6.07) is 6.68. The van der Waals surface area contributed by atoms with Gasteiger partial charge in [-0.2, -0.15) is 0 Å². The topological polar surface area (TPSA) is 102 Å². The highest BCUT2D eigenvalue weighted by molar-refractivity contribution is 7.92. The number of carbonyl (C=O) groups excluding carboxylic acids is 1. The number of nitrogens with zero attached hydrogens (tertiary/aromatic N) is 1. The van der Waals surface area contributed by atoms with Gasteiger partial charge in [-0.3, -0.25) is 4.90 Å². The van der Waals surface area contributed by atoms with Crippen molar-refractivity contribution in [3.63, 3.8) is 0 Å². The maximum absolute atomic E-state index is 13.5. The van der Waals surface area contributed by atoms with Crippen LogP contribution in [0.5, 0.6) is 0 Å². The fourth-order valence-electron chi connectivity index (χ4n) is 4.10. The second-order valence-electron chi connectivity index (χ2n) is 9.05. The average Bonchev–Trinajstić information content (AvgIpc) is 3.12. The number of likely N-dealkylation sites (tertiary alicyclic amines) is 1. The fourth-order valence-corrected chi connectivity index (χ4v) is 6.09. The predicted molar refractivity (Wildman–Crippen MR) is 114 cm³/mol. The molecule has 31 heavy (non-hydrogen) atoms. The first kappa shape index (κ1) is 24.0. The molecule has 2 aliphatic rings. The zero-order valence-electron chi connectivity index (χ0n) is 18.4. The van der Waals surface area contributed by atoms with Crippen LogP contribution < -0.4 is 0 Å². The molecular weight excluding hydrogens is 422 g/mol. The molecule has 2 aliphatic heterocycles. The molecule has 0 aliphatic carbocycles. The Bertz CT molecular complexity index is 831. The van der Waals surface area contributed by atoms with Gasteiger partial charge in [0.2, 0.25) is 0 Å². The number of amides is 1. The highest BCUT2D eigenvalue weighted by atomic mass is 32.2. The van der Waals surface area contributed by atoms with Gasteiger partial charge in [-0.05, 0) is 58.6 Å². The van der Waals surface area contributed by atoms with E-state index in [1.54, 1.807) is 51.1 Å². The van der Waals surface area contributed by atoms with Crippen molar-refractivity contribution < 1.29 is 32.5 Å². The minimum absolute atomic E-state index is 0.0167. The molecule has 0 radical (unpaired) electrons. The van der Waals surface area contributed by atoms with E-state index in [1.165, 1.54) is 4.90 Å². The van der Waals surface area contributed by atoms with Gasteiger partial charge in [0.1, 0.15) is 5.60 Å². The molecule has 1 N–H and O–H groups in total. The molecule has 9 heteroatoms. The molecule has 8 nitrogen and oxygen atoms in total. The normalized spacial score (nSPS) is 27.3. The van der Waals surface area contributed by atoms with Crippen LogP contribution in [0.15, 0.2) is 35.2 Å². The molecule has 1 aromatic rings. The number of ether oxygens (including phenoxy) is 3. The highest BCUT2D eigenvalue weighted by Crippen LogP contribution is 2.35. The number of sulfone groups is 1. The molecule has 2 heterocycles. The van der Waals surface area contributed by atoms with Gasteiger partial charge in [0.25, 0.3) is 0 Å². The first-order valence-electron chi connectivity index (χ1n) is 10.8. The van der Waals surface area contributed by atoms with E-state index in [0.717, 1.165) is 19.3 Å². The van der Waals surface area contributed by atoms with Crippen LogP contribution in [-0.2, 0) is 24.0 Å². The average molecular weight is 456 g/mol. The maximum atomic E-state index is 13.5. The van der Waals surface area contributed by atoms with Gasteiger partial charge < -0.3 is 19.3 Å². The summed E-state index contributed by atoms with van der Waals surface area (Å²) in [5, 5.41) is 9.04. The third-order valence-electron chi connectivity index (χ3n) is 5.56. The van der Waals surface area contributed by atoms with Crippen molar-refractivity contribution in [3.8, 4) is 0 Å². The van der Waals surface area contributed by atoms with Crippen LogP contribution in [0.4, 0.5) is 4.79 Å². The standard InChI is InChI=1S/C22H33NO7S/c1-22(2,3)30-21(25)23-16(14-24)13-19(31(26,27)17-9-5-4-6-10-17)18(23)15-29-20-11-7-8-12-28-20/h4-6,9-10,16,18-20,24H,7-8,11-15H2,1-3H3/t16?,18-,19?,20?/m1/s1. The van der Waals surface area contributed by atoms with E-state index >= 15 is 0 Å². The lowest BCUT2D eigenvalue weighted by Crippen LogP contribution is -2.50. The Hall–Kier alpha value is -1.68. The van der Waals surface area contributed by atoms with Crippen LogP contribution >= 0.6 is 0 Å². The van der Waals surface area contributed by atoms with E-state index in [9.17, 15) is 18.3 Å². The zero-order valence-corrected chi connectivity index (χ0v) is 19.2. The Morgan fingerprint density at radius 2 is 1.94 bits per heavy atom. The van der Waals surface area contributed by atoms with Crippen molar-refractivity contribution in [1.29, 1.82) is 0 Å². The minimum atomic E-state index is -3.78. The van der Waals surface area contributed by atoms with E-state index in [4.69, 9.17) is 14.2 Å². The summed E-state index contributed by atoms with van der Waals surface area (Å²) in [6.07, 6.45) is 1.67. The fraction of sp³-hybridized carbons (Fsp3) is 0.682. The van der Waals surface area contributed by atoms with Crippen LogP contribution in [0.25, 0.3) is 0 Å². The van der Waals surface area contributed by atoms with Gasteiger partial charge in [-0.15, -0.1) is 0 Å². The molecule has 3 rings (SSSR count). The van der Waals surface area contributed by atoms with Gasteiger partial charge in [-0.25, -0.2) is 13.2 Å². The summed E-state index contributed by atoms with van der Waals surface area (Å²) in [6.45, 7) is 5.45. The number of hydrogen-bond acceptors (Lipinski definition) is 7. The van der Waals surface area contributed by atoms with Gasteiger partial charge in [0.05, 0.1) is 35.4 Å². The Morgan fingerprint density at radius 3 is 2.52 bits per heavy atom. The summed E-state index contributed by atoms with van der Waals surface area (Å²) in [4.78, 5) is 14.5. The Morgan fingerprint density at radius 1 is 1.23 bits per heavy atom. The summed E-state index contributed by atoms with van der Waals surface area (Å²) >= 11 is 0. The molecule has 2 saturated heterocycles. The minimum Gasteiger partial charge on any atom is -0.444 e. The van der Waals surface area contributed by atoms with Crippen LogP contribution in [0.3, 0.4) is 0 Å². The number of carbonyl (C=O) groups is 1. The molecule has 1 amide bonds. The first-order chi connectivity index (χ1) is 14.6. The Balaban J connectivity index is 1.90. The van der Waals surface area contributed by atoms with Crippen molar-refractivity contribution in [2.75, 3.05) is 19.8 Å². The molecule has 0 aromatic heterocycles. The first-order valence-corrected chi connectivity index (χ1v) is 12.3. The largest absolute Gasteiger partial charge is 0.444 e. The van der Waals surface area contributed by atoms with Crippen molar-refractivity contribution >= 4 is 15.9 Å². The van der Waals surface area contributed by atoms with E-state index < -0.39 is 45.2 Å². The maximum Gasteiger partial charge on any atom is 0.410 e. The quantitative estimate of drug-likeness (QED) is 0.704. The number of aliphatic hydroxyl groups is 1. The highest BCUT2D eigenvalue weighted by Gasteiger charge is 2.51. The van der Waals surface area contributed by atoms with Gasteiger partial charge >= 0.3 is 6.09 Å². The number of aliphatic hydroxyl groups excluding tert-OH is 1. The Kier molecular flexibility index (Phi) is 7.62. The smallest absolute Gasteiger partial charge is 0.410 e. The molecule has 174 valence electrons. The molecule has 4 atom stereocenters. The van der Waals surface area contributed by atoms with Crippen LogP contribution in [0.1, 0.15) is 46.5 Å². The van der Waals surface area contributed by atoms with Crippen LogP contribution in [0, 0.1) is 0 Å². The second-order valence-corrected chi connectivity index (χ2v) is 11.2.